The van der Waals surface area contributed by atoms with E-state index in [1.165, 1.54) is 5.56 Å². The average Bonchev–Trinajstić information content (AvgIpc) is 2.37. The molecule has 0 aliphatic carbocycles. The zero-order valence-corrected chi connectivity index (χ0v) is 12.4. The number of hydrogen-bond acceptors (Lipinski definition) is 3. The van der Waals surface area contributed by atoms with Crippen LogP contribution in [0, 0.1) is 0 Å². The van der Waals surface area contributed by atoms with Gasteiger partial charge in [0.25, 0.3) is 0 Å². The summed E-state index contributed by atoms with van der Waals surface area (Å²) in [5.74, 6) is 0.941. The van der Waals surface area contributed by atoms with Crippen molar-refractivity contribution >= 4 is 0 Å². The van der Waals surface area contributed by atoms with Gasteiger partial charge in [0.15, 0.2) is 0 Å². The van der Waals surface area contributed by atoms with E-state index < -0.39 is 0 Å². The van der Waals surface area contributed by atoms with E-state index in [-0.39, 0.29) is 12.0 Å². The standard InChI is InChI=1S/C16H27NO2/c1-16(2,3)14-6-8-15(9-7-14)19-13-5-4-10-17-11-12-18/h6-9,17-18H,4-5,10-13H2,1-3H3. The summed E-state index contributed by atoms with van der Waals surface area (Å²) in [4.78, 5) is 0. The Morgan fingerprint density at radius 2 is 1.74 bits per heavy atom. The summed E-state index contributed by atoms with van der Waals surface area (Å²) < 4.78 is 5.70. The summed E-state index contributed by atoms with van der Waals surface area (Å²) in [7, 11) is 0. The SMILES string of the molecule is CC(C)(C)c1ccc(OCCCCNCCO)cc1. The third kappa shape index (κ3) is 6.60. The van der Waals surface area contributed by atoms with E-state index in [1.807, 2.05) is 12.1 Å². The lowest BCUT2D eigenvalue weighted by molar-refractivity contribution is 0.286. The van der Waals surface area contributed by atoms with Crippen LogP contribution in [0.1, 0.15) is 39.2 Å². The molecule has 0 aliphatic rings. The minimum absolute atomic E-state index is 0.191. The molecule has 0 saturated carbocycles. The minimum Gasteiger partial charge on any atom is -0.494 e. The van der Waals surface area contributed by atoms with Gasteiger partial charge in [-0.15, -0.1) is 0 Å². The van der Waals surface area contributed by atoms with Crippen molar-refractivity contribution in [3.63, 3.8) is 0 Å². The highest BCUT2D eigenvalue weighted by Gasteiger charge is 2.12. The molecule has 0 amide bonds. The van der Waals surface area contributed by atoms with Gasteiger partial charge in [-0.3, -0.25) is 0 Å². The van der Waals surface area contributed by atoms with Crippen LogP contribution in [0.5, 0.6) is 5.75 Å². The van der Waals surface area contributed by atoms with Crippen molar-refractivity contribution in [3.8, 4) is 5.75 Å². The Hall–Kier alpha value is -1.06. The van der Waals surface area contributed by atoms with E-state index in [2.05, 4.69) is 38.2 Å². The van der Waals surface area contributed by atoms with Gasteiger partial charge in [-0.25, -0.2) is 0 Å². The molecule has 0 aromatic heterocycles. The fourth-order valence-electron chi connectivity index (χ4n) is 1.80. The highest BCUT2D eigenvalue weighted by Crippen LogP contribution is 2.24. The van der Waals surface area contributed by atoms with E-state index in [0.29, 0.717) is 6.54 Å². The van der Waals surface area contributed by atoms with Crippen LogP contribution in [0.15, 0.2) is 24.3 Å². The molecule has 0 spiro atoms. The fraction of sp³-hybridized carbons (Fsp3) is 0.625. The van der Waals surface area contributed by atoms with Crippen LogP contribution in [0.2, 0.25) is 0 Å². The lowest BCUT2D eigenvalue weighted by atomic mass is 9.87. The predicted molar refractivity (Wildman–Crippen MR) is 79.8 cm³/mol. The lowest BCUT2D eigenvalue weighted by Crippen LogP contribution is -2.19. The molecule has 0 aliphatic heterocycles. The zero-order valence-electron chi connectivity index (χ0n) is 12.4. The third-order valence-electron chi connectivity index (χ3n) is 3.03. The van der Waals surface area contributed by atoms with Gasteiger partial charge in [0.05, 0.1) is 13.2 Å². The molecule has 1 aromatic carbocycles. The largest absolute Gasteiger partial charge is 0.494 e. The second-order valence-corrected chi connectivity index (χ2v) is 5.80. The normalized spacial score (nSPS) is 11.6. The van der Waals surface area contributed by atoms with Gasteiger partial charge in [0.1, 0.15) is 5.75 Å². The first kappa shape index (κ1) is 16.0. The average molecular weight is 265 g/mol. The number of unbranched alkanes of at least 4 members (excludes halogenated alkanes) is 1. The number of hydrogen-bond donors (Lipinski definition) is 2. The predicted octanol–water partition coefficient (Wildman–Crippen LogP) is 2.73. The second-order valence-electron chi connectivity index (χ2n) is 5.80. The Kier molecular flexibility index (Phi) is 6.89. The van der Waals surface area contributed by atoms with Crippen molar-refractivity contribution < 1.29 is 9.84 Å². The van der Waals surface area contributed by atoms with Gasteiger partial charge < -0.3 is 15.2 Å². The van der Waals surface area contributed by atoms with Crippen LogP contribution in [0.3, 0.4) is 0 Å². The van der Waals surface area contributed by atoms with E-state index in [0.717, 1.165) is 31.7 Å². The number of benzene rings is 1. The van der Waals surface area contributed by atoms with Gasteiger partial charge in [-0.2, -0.15) is 0 Å². The fourth-order valence-corrected chi connectivity index (χ4v) is 1.80. The first-order chi connectivity index (χ1) is 9.04. The van der Waals surface area contributed by atoms with Crippen molar-refractivity contribution in [1.82, 2.24) is 5.32 Å². The van der Waals surface area contributed by atoms with E-state index in [1.54, 1.807) is 0 Å². The number of nitrogens with one attached hydrogen (secondary N) is 1. The Bertz CT molecular complexity index is 341. The summed E-state index contributed by atoms with van der Waals surface area (Å²) in [6.07, 6.45) is 2.10. The van der Waals surface area contributed by atoms with Gasteiger partial charge in [-0.05, 0) is 42.5 Å². The Labute approximate surface area is 117 Å². The van der Waals surface area contributed by atoms with Crippen LogP contribution >= 0.6 is 0 Å². The van der Waals surface area contributed by atoms with E-state index in [4.69, 9.17) is 9.84 Å². The molecule has 0 saturated heterocycles. The number of ether oxygens (including phenoxy) is 1. The van der Waals surface area contributed by atoms with Crippen molar-refractivity contribution in [2.75, 3.05) is 26.3 Å². The topological polar surface area (TPSA) is 41.5 Å². The minimum atomic E-state index is 0.191. The van der Waals surface area contributed by atoms with Crippen LogP contribution in [-0.4, -0.2) is 31.4 Å². The smallest absolute Gasteiger partial charge is 0.119 e. The molecule has 1 aromatic rings. The van der Waals surface area contributed by atoms with E-state index in [9.17, 15) is 0 Å². The molecule has 19 heavy (non-hydrogen) atoms. The maximum Gasteiger partial charge on any atom is 0.119 e. The summed E-state index contributed by atoms with van der Waals surface area (Å²) in [6, 6.07) is 8.37. The molecule has 3 heteroatoms. The number of rotatable bonds is 8. The highest BCUT2D eigenvalue weighted by molar-refractivity contribution is 5.31. The summed E-state index contributed by atoms with van der Waals surface area (Å²) in [6.45, 7) is 9.20. The van der Waals surface area contributed by atoms with Crippen molar-refractivity contribution in [3.05, 3.63) is 29.8 Å². The highest BCUT2D eigenvalue weighted by atomic mass is 16.5. The van der Waals surface area contributed by atoms with Crippen LogP contribution < -0.4 is 10.1 Å². The van der Waals surface area contributed by atoms with E-state index >= 15 is 0 Å². The van der Waals surface area contributed by atoms with Crippen molar-refractivity contribution in [2.24, 2.45) is 0 Å². The number of aliphatic hydroxyl groups is 1. The van der Waals surface area contributed by atoms with Crippen LogP contribution in [0.4, 0.5) is 0 Å². The molecular formula is C16H27NO2. The molecule has 108 valence electrons. The summed E-state index contributed by atoms with van der Waals surface area (Å²) in [5.41, 5.74) is 1.52. The molecule has 0 bridgehead atoms. The second kappa shape index (κ2) is 8.18. The van der Waals surface area contributed by atoms with Crippen LogP contribution in [0.25, 0.3) is 0 Å². The van der Waals surface area contributed by atoms with Crippen molar-refractivity contribution in [1.29, 1.82) is 0 Å². The summed E-state index contributed by atoms with van der Waals surface area (Å²) >= 11 is 0. The molecule has 1 rings (SSSR count). The van der Waals surface area contributed by atoms with Gasteiger partial charge in [0, 0.05) is 6.54 Å². The Morgan fingerprint density at radius 3 is 2.32 bits per heavy atom. The lowest BCUT2D eigenvalue weighted by Gasteiger charge is -2.19. The molecular weight excluding hydrogens is 238 g/mol. The molecule has 0 atom stereocenters. The molecule has 2 N–H and O–H groups in total. The summed E-state index contributed by atoms with van der Waals surface area (Å²) in [5, 5.41) is 11.8. The first-order valence-corrected chi connectivity index (χ1v) is 7.09. The third-order valence-corrected chi connectivity index (χ3v) is 3.03. The monoisotopic (exact) mass is 265 g/mol. The Morgan fingerprint density at radius 1 is 1.05 bits per heavy atom. The molecule has 3 nitrogen and oxygen atoms in total. The molecule has 0 radical (unpaired) electrons. The van der Waals surface area contributed by atoms with Gasteiger partial charge in [-0.1, -0.05) is 32.9 Å². The maximum absolute atomic E-state index is 8.61. The van der Waals surface area contributed by atoms with Gasteiger partial charge >= 0.3 is 0 Å². The molecule has 0 heterocycles. The first-order valence-electron chi connectivity index (χ1n) is 7.09. The van der Waals surface area contributed by atoms with Gasteiger partial charge in [0.2, 0.25) is 0 Å². The maximum atomic E-state index is 8.61. The van der Waals surface area contributed by atoms with Crippen molar-refractivity contribution in [2.45, 2.75) is 39.0 Å². The Balaban J connectivity index is 2.20. The quantitative estimate of drug-likeness (QED) is 0.710. The molecule has 0 unspecified atom stereocenters. The van der Waals surface area contributed by atoms with Crippen LogP contribution in [-0.2, 0) is 5.41 Å². The number of aliphatic hydroxyl groups excluding tert-OH is 1. The zero-order chi connectivity index (χ0) is 14.1. The molecule has 0 fully saturated rings.